The van der Waals surface area contributed by atoms with E-state index in [-0.39, 0.29) is 0 Å². The van der Waals surface area contributed by atoms with Crippen molar-refractivity contribution < 1.29 is 0 Å². The molecule has 0 saturated carbocycles. The lowest BCUT2D eigenvalue weighted by molar-refractivity contribution is 1.25. The highest BCUT2D eigenvalue weighted by Gasteiger charge is 2.17. The van der Waals surface area contributed by atoms with Gasteiger partial charge >= 0.3 is 0 Å². The fraction of sp³-hybridized carbons (Fsp3) is 0. The molecule has 19 aromatic rings. The van der Waals surface area contributed by atoms with Gasteiger partial charge in [0.2, 0.25) is 0 Å². The molecule has 0 amide bonds. The average molecular weight is 1480 g/mol. The van der Waals surface area contributed by atoms with Crippen LogP contribution in [-0.2, 0) is 0 Å². The van der Waals surface area contributed by atoms with Gasteiger partial charge in [-0.25, -0.2) is 15.0 Å². The zero-order chi connectivity index (χ0) is 77.8. The largest absolute Gasteiger partial charge is 0.263 e. The van der Waals surface area contributed by atoms with Crippen molar-refractivity contribution in [3.63, 3.8) is 0 Å². The highest BCUT2D eigenvalue weighted by molar-refractivity contribution is 5.88. The van der Waals surface area contributed by atoms with Gasteiger partial charge in [0.1, 0.15) is 11.8 Å². The smallest absolute Gasteiger partial charge is 0.141 e. The van der Waals surface area contributed by atoms with Gasteiger partial charge in [-0.3, -0.25) is 34.9 Å². The third-order valence-corrected chi connectivity index (χ3v) is 20.5. The summed E-state index contributed by atoms with van der Waals surface area (Å²) in [6, 6.07) is 126. The Morgan fingerprint density at radius 3 is 0.733 bits per heavy atom. The van der Waals surface area contributed by atoms with Crippen molar-refractivity contribution in [1.82, 2.24) is 49.8 Å². The molecule has 0 radical (unpaired) electrons. The Kier molecular flexibility index (Phi) is 20.5. The van der Waals surface area contributed by atoms with Crippen LogP contribution < -0.4 is 0 Å². The minimum atomic E-state index is 0.386. The molecule has 0 aliphatic heterocycles. The van der Waals surface area contributed by atoms with Gasteiger partial charge < -0.3 is 0 Å². The van der Waals surface area contributed by atoms with Crippen molar-refractivity contribution in [2.24, 2.45) is 0 Å². The molecule has 0 atom stereocenters. The molecule has 0 bridgehead atoms. The first-order chi connectivity index (χ1) is 57.4. The molecule has 0 fully saturated rings. The highest BCUT2D eigenvalue weighted by Crippen LogP contribution is 2.40. The molecule has 11 heteroatoms. The predicted octanol–water partition coefficient (Wildman–Crippen LogP) is 25.5. The van der Waals surface area contributed by atoms with E-state index >= 15 is 0 Å². The first-order valence-electron chi connectivity index (χ1n) is 38.2. The Balaban J connectivity index is 0.000000161. The van der Waals surface area contributed by atoms with Crippen molar-refractivity contribution in [2.45, 2.75) is 0 Å². The van der Waals surface area contributed by atoms with Crippen molar-refractivity contribution in [1.29, 1.82) is 5.26 Å². The maximum Gasteiger partial charge on any atom is 0.141 e. The summed E-state index contributed by atoms with van der Waals surface area (Å²) >= 11 is 0. The molecule has 0 aliphatic rings. The molecule has 544 valence electrons. The van der Waals surface area contributed by atoms with Crippen LogP contribution in [0.1, 0.15) is 5.69 Å². The van der Waals surface area contributed by atoms with Gasteiger partial charge in [0.25, 0.3) is 0 Å². The number of rotatable bonds is 17. The van der Waals surface area contributed by atoms with Crippen LogP contribution in [0.3, 0.4) is 0 Å². The second-order valence-electron chi connectivity index (χ2n) is 28.0. The minimum Gasteiger partial charge on any atom is -0.263 e. The topological polar surface area (TPSA) is 153 Å². The Labute approximate surface area is 672 Å². The number of nitrogens with zero attached hydrogens (tertiary/aromatic N) is 11. The number of benzene rings is 9. The maximum absolute atomic E-state index is 9.51. The van der Waals surface area contributed by atoms with Gasteiger partial charge in [-0.15, -0.1) is 0 Å². The summed E-state index contributed by atoms with van der Waals surface area (Å²) in [5.74, 6) is 0. The number of hydrogen-bond acceptors (Lipinski definition) is 11. The van der Waals surface area contributed by atoms with E-state index in [2.05, 4.69) is 258 Å². The van der Waals surface area contributed by atoms with E-state index in [0.717, 1.165) is 190 Å². The number of nitriles is 1. The van der Waals surface area contributed by atoms with Crippen molar-refractivity contribution in [3.8, 4) is 196 Å². The number of hydrogen-bond donors (Lipinski definition) is 0. The van der Waals surface area contributed by atoms with Gasteiger partial charge in [-0.1, -0.05) is 200 Å². The minimum absolute atomic E-state index is 0.386. The molecule has 116 heavy (non-hydrogen) atoms. The standard InChI is InChI=1S/C55H37N5.C50H32N6/c1-2-8-38(9-3-1)48-29-49(33-56-32-48)42-18-12-39(13-19-42)45-26-46(40-14-20-43(21-15-40)50-30-52(36-57-34-50)54-10-4-6-24-59-54)28-47(27-45)41-16-22-44(23-17-41)51-31-53(37-58-35-51)55-11-5-7-25-60-55;51-33-43-17-8-20-44(54-43)37-14-5-11-34(27-37)40-30-41(35-12-6-15-38(28-35)45-21-9-23-49(55-45)47-18-1-3-25-52-47)32-42(31-40)36-13-7-16-39(29-36)46-22-10-24-50(56-46)48-19-2-4-26-53-48/h1-37H;1-32H. The zero-order valence-corrected chi connectivity index (χ0v) is 62.8. The lowest BCUT2D eigenvalue weighted by Crippen LogP contribution is -1.92. The molecule has 0 N–H and O–H groups in total. The molecule has 9 aromatic carbocycles. The lowest BCUT2D eigenvalue weighted by atomic mass is 9.91. The average Bonchev–Trinajstić information content (AvgIpc) is 0.791. The third-order valence-electron chi connectivity index (χ3n) is 20.5. The van der Waals surface area contributed by atoms with E-state index in [0.29, 0.717) is 5.69 Å². The van der Waals surface area contributed by atoms with E-state index in [9.17, 15) is 5.26 Å². The van der Waals surface area contributed by atoms with E-state index < -0.39 is 0 Å². The highest BCUT2D eigenvalue weighted by atomic mass is 14.8. The van der Waals surface area contributed by atoms with E-state index in [1.165, 1.54) is 0 Å². The molecule has 0 spiro atoms. The SMILES string of the molecule is N#Cc1cccc(-c2cccc(-c3cc(-c4cccc(-c5cccc(-c6ccccn6)n5)c4)cc(-c4cccc(-c5cccc(-c6ccccn6)n5)c4)c3)c2)n1.c1ccc(-c2cncc(-c3ccc(-c4cc(-c5ccc(-c6cncc(-c7ccccn7)c6)cc5)cc(-c5ccc(-c6cncc(-c7ccccn7)c6)cc5)c4)cc3)c2)cc1. The first kappa shape index (κ1) is 71.6. The summed E-state index contributed by atoms with van der Waals surface area (Å²) in [7, 11) is 0. The molecule has 0 saturated heterocycles. The van der Waals surface area contributed by atoms with Crippen molar-refractivity contribution in [3.05, 3.63) is 426 Å². The van der Waals surface area contributed by atoms with E-state index in [4.69, 9.17) is 9.97 Å². The summed E-state index contributed by atoms with van der Waals surface area (Å²) in [5, 5.41) is 9.51. The van der Waals surface area contributed by atoms with Gasteiger partial charge in [-0.05, 0) is 247 Å². The second-order valence-corrected chi connectivity index (χ2v) is 28.0. The second kappa shape index (κ2) is 33.3. The van der Waals surface area contributed by atoms with Crippen LogP contribution in [0.4, 0.5) is 0 Å². The Hall–Kier alpha value is -16.0. The van der Waals surface area contributed by atoms with Crippen molar-refractivity contribution in [2.75, 3.05) is 0 Å². The normalized spacial score (nSPS) is 10.9. The summed E-state index contributed by atoms with van der Waals surface area (Å²) < 4.78 is 0. The summed E-state index contributed by atoms with van der Waals surface area (Å²) in [5.41, 5.74) is 34.8. The van der Waals surface area contributed by atoms with Gasteiger partial charge in [0, 0.05) is 112 Å². The zero-order valence-electron chi connectivity index (χ0n) is 62.8. The Morgan fingerprint density at radius 2 is 0.388 bits per heavy atom. The summed E-state index contributed by atoms with van der Waals surface area (Å²) in [4.78, 5) is 46.3. The molecule has 11 nitrogen and oxygen atoms in total. The van der Waals surface area contributed by atoms with Gasteiger partial charge in [-0.2, -0.15) is 5.26 Å². The molecule has 10 heterocycles. The van der Waals surface area contributed by atoms with Crippen LogP contribution in [0.2, 0.25) is 0 Å². The van der Waals surface area contributed by atoms with E-state index in [1.54, 1.807) is 18.5 Å². The van der Waals surface area contributed by atoms with Gasteiger partial charge in [0.15, 0.2) is 0 Å². The van der Waals surface area contributed by atoms with Gasteiger partial charge in [0.05, 0.1) is 51.2 Å². The van der Waals surface area contributed by atoms with Crippen molar-refractivity contribution >= 4 is 0 Å². The molecule has 0 unspecified atom stereocenters. The monoisotopic (exact) mass is 1480 g/mol. The molecule has 0 aliphatic carbocycles. The fourth-order valence-corrected chi connectivity index (χ4v) is 14.5. The Morgan fingerprint density at radius 1 is 0.155 bits per heavy atom. The summed E-state index contributed by atoms with van der Waals surface area (Å²) in [6.07, 6.45) is 18.6. The number of aromatic nitrogens is 10. The molecule has 19 rings (SSSR count). The van der Waals surface area contributed by atoms with Crippen LogP contribution in [-0.4, -0.2) is 49.8 Å². The third kappa shape index (κ3) is 16.3. The van der Waals surface area contributed by atoms with Crippen LogP contribution in [0, 0.1) is 11.3 Å². The molecule has 10 aromatic heterocycles. The first-order valence-corrected chi connectivity index (χ1v) is 38.2. The maximum atomic E-state index is 9.51. The lowest BCUT2D eigenvalue weighted by Gasteiger charge is -2.14. The van der Waals surface area contributed by atoms with E-state index in [1.807, 2.05) is 189 Å². The van der Waals surface area contributed by atoms with Crippen LogP contribution in [0.25, 0.3) is 190 Å². The van der Waals surface area contributed by atoms with Crippen LogP contribution in [0.5, 0.6) is 0 Å². The Bertz CT molecular complexity index is 6250. The quantitative estimate of drug-likeness (QED) is 0.0856. The summed E-state index contributed by atoms with van der Waals surface area (Å²) in [6.45, 7) is 0. The van der Waals surface area contributed by atoms with Crippen LogP contribution in [0.15, 0.2) is 420 Å². The number of pyridine rings is 10. The predicted molar refractivity (Wildman–Crippen MR) is 468 cm³/mol. The molecular weight excluding hydrogens is 1420 g/mol. The van der Waals surface area contributed by atoms with Crippen LogP contribution >= 0.6 is 0 Å². The fourth-order valence-electron chi connectivity index (χ4n) is 14.5. The molecular formula is C105H69N11.